The molecule has 20 heavy (non-hydrogen) atoms. The van der Waals surface area contributed by atoms with Gasteiger partial charge in [0, 0.05) is 25.9 Å². The molecule has 2 N–H and O–H groups in total. The Balaban J connectivity index is 1.57. The Kier molecular flexibility index (Phi) is 4.14. The van der Waals surface area contributed by atoms with Crippen LogP contribution in [0.1, 0.15) is 18.4 Å². The molecule has 1 aromatic carbocycles. The Morgan fingerprint density at radius 3 is 2.70 bits per heavy atom. The molecule has 0 bridgehead atoms. The van der Waals surface area contributed by atoms with Crippen molar-refractivity contribution >= 4 is 0 Å². The van der Waals surface area contributed by atoms with E-state index in [9.17, 15) is 0 Å². The third kappa shape index (κ3) is 3.26. The van der Waals surface area contributed by atoms with E-state index in [1.807, 2.05) is 6.07 Å². The number of nitrogens with zero attached hydrogens (tertiary/aromatic N) is 1. The predicted molar refractivity (Wildman–Crippen MR) is 79.3 cm³/mol. The lowest BCUT2D eigenvalue weighted by molar-refractivity contribution is 0.157. The van der Waals surface area contributed by atoms with Crippen molar-refractivity contribution in [3.63, 3.8) is 0 Å². The van der Waals surface area contributed by atoms with Gasteiger partial charge in [-0.25, -0.2) is 0 Å². The first-order valence-electron chi connectivity index (χ1n) is 7.18. The van der Waals surface area contributed by atoms with E-state index in [0.717, 1.165) is 24.8 Å². The average molecular weight is 271 g/mol. The van der Waals surface area contributed by atoms with E-state index in [2.05, 4.69) is 39.8 Å². The quantitative estimate of drug-likeness (QED) is 0.814. The first kappa shape index (κ1) is 13.3. The van der Waals surface area contributed by atoms with Gasteiger partial charge in [0.2, 0.25) is 0 Å². The van der Waals surface area contributed by atoms with Gasteiger partial charge in [-0.05, 0) is 36.0 Å². The zero-order chi connectivity index (χ0) is 13.8. The van der Waals surface area contributed by atoms with Crippen LogP contribution in [0.5, 0.6) is 0 Å². The standard InChI is InChI=1S/C16H21N3O/c1-20-11-16(14-6-7-14)17-10-12-2-4-13(5-3-12)15-8-9-18-19-15/h2-5,8-9,14,16-17H,6-7,10-11H2,1H3,(H,18,19). The number of aromatic amines is 1. The summed E-state index contributed by atoms with van der Waals surface area (Å²) in [5, 5.41) is 10.6. The number of H-pyrrole nitrogens is 1. The number of benzene rings is 1. The van der Waals surface area contributed by atoms with Crippen molar-refractivity contribution in [1.29, 1.82) is 0 Å². The Bertz CT molecular complexity index is 517. The Morgan fingerprint density at radius 2 is 2.10 bits per heavy atom. The molecule has 1 aromatic heterocycles. The molecule has 1 atom stereocenters. The fourth-order valence-electron chi connectivity index (χ4n) is 2.51. The molecule has 0 amide bonds. The molecule has 1 saturated carbocycles. The third-order valence-corrected chi connectivity index (χ3v) is 3.87. The van der Waals surface area contributed by atoms with Crippen molar-refractivity contribution in [3.05, 3.63) is 42.1 Å². The summed E-state index contributed by atoms with van der Waals surface area (Å²) in [6.07, 6.45) is 4.44. The summed E-state index contributed by atoms with van der Waals surface area (Å²) in [5.74, 6) is 0.805. The van der Waals surface area contributed by atoms with E-state index in [0.29, 0.717) is 6.04 Å². The van der Waals surface area contributed by atoms with Gasteiger partial charge in [-0.1, -0.05) is 24.3 Å². The van der Waals surface area contributed by atoms with Gasteiger partial charge in [-0.2, -0.15) is 5.10 Å². The second kappa shape index (κ2) is 6.20. The molecule has 4 heteroatoms. The van der Waals surface area contributed by atoms with Crippen LogP contribution >= 0.6 is 0 Å². The Hall–Kier alpha value is -1.65. The van der Waals surface area contributed by atoms with E-state index in [4.69, 9.17) is 4.74 Å². The molecule has 1 fully saturated rings. The van der Waals surface area contributed by atoms with Crippen molar-refractivity contribution in [1.82, 2.24) is 15.5 Å². The van der Waals surface area contributed by atoms with E-state index < -0.39 is 0 Å². The fraction of sp³-hybridized carbons (Fsp3) is 0.438. The number of ether oxygens (including phenoxy) is 1. The number of rotatable bonds is 7. The normalized spacial score (nSPS) is 16.2. The van der Waals surface area contributed by atoms with Gasteiger partial charge >= 0.3 is 0 Å². The summed E-state index contributed by atoms with van der Waals surface area (Å²) in [4.78, 5) is 0. The average Bonchev–Trinajstić information content (AvgIpc) is 3.18. The molecule has 1 aliphatic carbocycles. The van der Waals surface area contributed by atoms with Crippen molar-refractivity contribution in [3.8, 4) is 11.3 Å². The molecule has 0 aliphatic heterocycles. The van der Waals surface area contributed by atoms with Crippen molar-refractivity contribution in [2.24, 2.45) is 5.92 Å². The van der Waals surface area contributed by atoms with Gasteiger partial charge < -0.3 is 10.1 Å². The number of hydrogen-bond acceptors (Lipinski definition) is 3. The number of methoxy groups -OCH3 is 1. The van der Waals surface area contributed by atoms with Gasteiger partial charge in [0.1, 0.15) is 0 Å². The van der Waals surface area contributed by atoms with Crippen LogP contribution in [0.2, 0.25) is 0 Å². The molecule has 0 saturated heterocycles. The van der Waals surface area contributed by atoms with Crippen LogP contribution in [0.3, 0.4) is 0 Å². The number of nitrogens with one attached hydrogen (secondary N) is 2. The summed E-state index contributed by atoms with van der Waals surface area (Å²) >= 11 is 0. The third-order valence-electron chi connectivity index (χ3n) is 3.87. The second-order valence-corrected chi connectivity index (χ2v) is 5.45. The van der Waals surface area contributed by atoms with Crippen LogP contribution in [0.25, 0.3) is 11.3 Å². The molecule has 0 spiro atoms. The van der Waals surface area contributed by atoms with Crippen molar-refractivity contribution in [2.75, 3.05) is 13.7 Å². The van der Waals surface area contributed by atoms with Gasteiger partial charge in [-0.3, -0.25) is 5.10 Å². The van der Waals surface area contributed by atoms with Gasteiger partial charge in [0.25, 0.3) is 0 Å². The lowest BCUT2D eigenvalue weighted by atomic mass is 10.1. The van der Waals surface area contributed by atoms with E-state index in [1.165, 1.54) is 24.0 Å². The molecule has 1 aliphatic rings. The molecule has 4 nitrogen and oxygen atoms in total. The van der Waals surface area contributed by atoms with E-state index >= 15 is 0 Å². The highest BCUT2D eigenvalue weighted by Gasteiger charge is 2.30. The van der Waals surface area contributed by atoms with E-state index in [1.54, 1.807) is 13.3 Å². The summed E-state index contributed by atoms with van der Waals surface area (Å²) in [6.45, 7) is 1.70. The molecule has 106 valence electrons. The zero-order valence-electron chi connectivity index (χ0n) is 11.8. The smallest absolute Gasteiger partial charge is 0.0650 e. The van der Waals surface area contributed by atoms with Gasteiger partial charge in [0.05, 0.1) is 12.3 Å². The lowest BCUT2D eigenvalue weighted by Gasteiger charge is -2.17. The minimum Gasteiger partial charge on any atom is -0.383 e. The minimum atomic E-state index is 0.493. The molecule has 1 unspecified atom stereocenters. The first-order chi connectivity index (χ1) is 9.86. The highest BCUT2D eigenvalue weighted by molar-refractivity contribution is 5.58. The summed E-state index contributed by atoms with van der Waals surface area (Å²) in [7, 11) is 1.77. The Morgan fingerprint density at radius 1 is 1.30 bits per heavy atom. The van der Waals surface area contributed by atoms with E-state index in [-0.39, 0.29) is 0 Å². The Labute approximate surface area is 119 Å². The second-order valence-electron chi connectivity index (χ2n) is 5.45. The van der Waals surface area contributed by atoms with Crippen molar-refractivity contribution < 1.29 is 4.74 Å². The van der Waals surface area contributed by atoms with Crippen molar-refractivity contribution in [2.45, 2.75) is 25.4 Å². The zero-order valence-corrected chi connectivity index (χ0v) is 11.8. The maximum Gasteiger partial charge on any atom is 0.0650 e. The van der Waals surface area contributed by atoms with Crippen LogP contribution in [0, 0.1) is 5.92 Å². The maximum absolute atomic E-state index is 5.29. The van der Waals surface area contributed by atoms with Gasteiger partial charge in [-0.15, -0.1) is 0 Å². The van der Waals surface area contributed by atoms with Crippen LogP contribution in [-0.2, 0) is 11.3 Å². The monoisotopic (exact) mass is 271 g/mol. The molecular weight excluding hydrogens is 250 g/mol. The highest BCUT2D eigenvalue weighted by atomic mass is 16.5. The molecular formula is C16H21N3O. The highest BCUT2D eigenvalue weighted by Crippen LogP contribution is 2.32. The van der Waals surface area contributed by atoms with Crippen LogP contribution < -0.4 is 5.32 Å². The SMILES string of the molecule is COCC(NCc1ccc(-c2ccn[nH]2)cc1)C1CC1. The molecule has 1 heterocycles. The van der Waals surface area contributed by atoms with Crippen LogP contribution in [-0.4, -0.2) is 30.0 Å². The van der Waals surface area contributed by atoms with Crippen LogP contribution in [0.4, 0.5) is 0 Å². The molecule has 0 radical (unpaired) electrons. The minimum absolute atomic E-state index is 0.493. The molecule has 3 rings (SSSR count). The summed E-state index contributed by atoms with van der Waals surface area (Å²) in [5.41, 5.74) is 3.52. The fourth-order valence-corrected chi connectivity index (χ4v) is 2.51. The van der Waals surface area contributed by atoms with Gasteiger partial charge in [0.15, 0.2) is 0 Å². The maximum atomic E-state index is 5.29. The summed E-state index contributed by atoms with van der Waals surface area (Å²) in [6, 6.07) is 11.1. The van der Waals surface area contributed by atoms with Crippen LogP contribution in [0.15, 0.2) is 36.5 Å². The lowest BCUT2D eigenvalue weighted by Crippen LogP contribution is -2.34. The first-order valence-corrected chi connectivity index (χ1v) is 7.18. The number of hydrogen-bond donors (Lipinski definition) is 2. The predicted octanol–water partition coefficient (Wildman–Crippen LogP) is 2.59. The largest absolute Gasteiger partial charge is 0.383 e. The number of aromatic nitrogens is 2. The topological polar surface area (TPSA) is 49.9 Å². The molecule has 2 aromatic rings. The summed E-state index contributed by atoms with van der Waals surface area (Å²) < 4.78 is 5.29.